The number of hydrogen-bond acceptors (Lipinski definition) is 2. The quantitative estimate of drug-likeness (QED) is 0.831. The van der Waals surface area contributed by atoms with Gasteiger partial charge in [0.1, 0.15) is 0 Å². The molecule has 0 bridgehead atoms. The molecular weight excluding hydrogens is 338 g/mol. The van der Waals surface area contributed by atoms with Gasteiger partial charge in [-0.2, -0.15) is 0 Å². The predicted molar refractivity (Wildman–Crippen MR) is 86.8 cm³/mol. The Kier molecular flexibility index (Phi) is 4.52. The molecule has 0 heterocycles. The molecule has 0 saturated carbocycles. The van der Waals surface area contributed by atoms with Gasteiger partial charge in [0.2, 0.25) is 10.0 Å². The van der Waals surface area contributed by atoms with Crippen LogP contribution in [-0.4, -0.2) is 19.3 Å². The summed E-state index contributed by atoms with van der Waals surface area (Å²) in [5.74, 6) is 0. The number of benzene rings is 2. The second-order valence-electron chi connectivity index (χ2n) is 5.41. The Morgan fingerprint density at radius 2 is 1.75 bits per heavy atom. The van der Waals surface area contributed by atoms with Crippen molar-refractivity contribution in [3.05, 3.63) is 42.5 Å². The number of alkyl halides is 1. The van der Waals surface area contributed by atoms with Gasteiger partial charge in [-0.1, -0.05) is 52.3 Å². The van der Waals surface area contributed by atoms with E-state index < -0.39 is 15.6 Å². The molecule has 20 heavy (non-hydrogen) atoms. The molecule has 0 fully saturated rings. The van der Waals surface area contributed by atoms with Gasteiger partial charge in [-0.15, -0.1) is 0 Å². The number of halogens is 1. The smallest absolute Gasteiger partial charge is 0.207 e. The van der Waals surface area contributed by atoms with Crippen LogP contribution in [-0.2, 0) is 10.0 Å². The lowest BCUT2D eigenvalue weighted by atomic mass is 10.0. The third-order valence-corrected chi connectivity index (χ3v) is 5.32. The first-order valence-electron chi connectivity index (χ1n) is 6.43. The van der Waals surface area contributed by atoms with Crippen LogP contribution in [0.2, 0.25) is 0 Å². The van der Waals surface area contributed by atoms with Crippen molar-refractivity contribution < 1.29 is 8.42 Å². The minimum atomic E-state index is -3.54. The normalized spacial score (nSPS) is 12.8. The van der Waals surface area contributed by atoms with Gasteiger partial charge in [-0.3, -0.25) is 0 Å². The van der Waals surface area contributed by atoms with Gasteiger partial charge in [0, 0.05) is 16.3 Å². The standard InChI is InChI=1S/C15H18BrNO2S/c1-15(2,10-11-16)17-20(18,19)14-9-5-7-12-6-3-4-8-13(12)14/h3-9,17H,10-11H2,1-2H3. The van der Waals surface area contributed by atoms with Gasteiger partial charge in [-0.25, -0.2) is 13.1 Å². The van der Waals surface area contributed by atoms with E-state index in [9.17, 15) is 8.42 Å². The first-order valence-corrected chi connectivity index (χ1v) is 9.04. The van der Waals surface area contributed by atoms with Crippen molar-refractivity contribution in [2.45, 2.75) is 30.7 Å². The third-order valence-electron chi connectivity index (χ3n) is 3.17. The summed E-state index contributed by atoms with van der Waals surface area (Å²) in [6, 6.07) is 12.8. The van der Waals surface area contributed by atoms with Crippen molar-refractivity contribution in [1.82, 2.24) is 4.72 Å². The van der Waals surface area contributed by atoms with Crippen LogP contribution in [0.4, 0.5) is 0 Å². The Labute approximate surface area is 128 Å². The van der Waals surface area contributed by atoms with E-state index in [0.29, 0.717) is 4.90 Å². The first kappa shape index (κ1) is 15.5. The highest BCUT2D eigenvalue weighted by Gasteiger charge is 2.26. The van der Waals surface area contributed by atoms with E-state index in [1.54, 1.807) is 12.1 Å². The van der Waals surface area contributed by atoms with Gasteiger partial charge in [0.15, 0.2) is 0 Å². The molecule has 2 rings (SSSR count). The molecule has 0 spiro atoms. The summed E-state index contributed by atoms with van der Waals surface area (Å²) in [6.45, 7) is 3.77. The van der Waals surface area contributed by atoms with Gasteiger partial charge < -0.3 is 0 Å². The summed E-state index contributed by atoms with van der Waals surface area (Å²) in [4.78, 5) is 0.332. The van der Waals surface area contributed by atoms with Crippen molar-refractivity contribution in [3.8, 4) is 0 Å². The molecule has 0 aromatic heterocycles. The van der Waals surface area contributed by atoms with E-state index in [1.165, 1.54) is 0 Å². The lowest BCUT2D eigenvalue weighted by Crippen LogP contribution is -2.43. The zero-order valence-electron chi connectivity index (χ0n) is 11.6. The molecular formula is C15H18BrNO2S. The summed E-state index contributed by atoms with van der Waals surface area (Å²) in [6.07, 6.45) is 0.719. The minimum absolute atomic E-state index is 0.332. The highest BCUT2D eigenvalue weighted by atomic mass is 79.9. The number of rotatable bonds is 5. The molecule has 0 aliphatic heterocycles. The Hall–Kier alpha value is -0.910. The maximum absolute atomic E-state index is 12.6. The summed E-state index contributed by atoms with van der Waals surface area (Å²) < 4.78 is 28.0. The number of nitrogens with one attached hydrogen (secondary N) is 1. The molecule has 0 atom stereocenters. The van der Waals surface area contributed by atoms with Gasteiger partial charge in [-0.05, 0) is 31.7 Å². The summed E-state index contributed by atoms with van der Waals surface area (Å²) in [5, 5.41) is 2.42. The monoisotopic (exact) mass is 355 g/mol. The Morgan fingerprint density at radius 1 is 1.10 bits per heavy atom. The van der Waals surface area contributed by atoms with Gasteiger partial charge in [0.05, 0.1) is 4.90 Å². The van der Waals surface area contributed by atoms with Gasteiger partial charge in [0.25, 0.3) is 0 Å². The van der Waals surface area contributed by atoms with E-state index in [4.69, 9.17) is 0 Å². The Bertz CT molecular complexity index is 705. The van der Waals surface area contributed by atoms with Crippen molar-refractivity contribution >= 4 is 36.7 Å². The molecule has 108 valence electrons. The fraction of sp³-hybridized carbons (Fsp3) is 0.333. The van der Waals surface area contributed by atoms with Crippen LogP contribution < -0.4 is 4.72 Å². The van der Waals surface area contributed by atoms with E-state index in [0.717, 1.165) is 22.5 Å². The van der Waals surface area contributed by atoms with Gasteiger partial charge >= 0.3 is 0 Å². The zero-order valence-corrected chi connectivity index (χ0v) is 14.0. The summed E-state index contributed by atoms with van der Waals surface area (Å²) >= 11 is 3.35. The largest absolute Gasteiger partial charge is 0.241 e. The molecule has 1 N–H and O–H groups in total. The molecule has 0 radical (unpaired) electrons. The average molecular weight is 356 g/mol. The minimum Gasteiger partial charge on any atom is -0.207 e. The highest BCUT2D eigenvalue weighted by Crippen LogP contribution is 2.24. The van der Waals surface area contributed by atoms with Crippen molar-refractivity contribution in [2.24, 2.45) is 0 Å². The fourth-order valence-electron chi connectivity index (χ4n) is 2.14. The van der Waals surface area contributed by atoms with Crippen LogP contribution in [0, 0.1) is 0 Å². The van der Waals surface area contributed by atoms with E-state index in [-0.39, 0.29) is 0 Å². The SMILES string of the molecule is CC(C)(CCBr)NS(=O)(=O)c1cccc2ccccc12. The van der Waals surface area contributed by atoms with Crippen LogP contribution >= 0.6 is 15.9 Å². The zero-order chi connectivity index (χ0) is 14.8. The highest BCUT2D eigenvalue weighted by molar-refractivity contribution is 9.09. The number of sulfonamides is 1. The van der Waals surface area contributed by atoms with Crippen LogP contribution in [0.25, 0.3) is 10.8 Å². The first-order chi connectivity index (χ1) is 9.36. The van der Waals surface area contributed by atoms with Crippen LogP contribution in [0.3, 0.4) is 0 Å². The molecule has 0 saturated heterocycles. The molecule has 0 aliphatic carbocycles. The van der Waals surface area contributed by atoms with Crippen LogP contribution in [0.5, 0.6) is 0 Å². The van der Waals surface area contributed by atoms with Crippen molar-refractivity contribution in [3.63, 3.8) is 0 Å². The molecule has 2 aromatic carbocycles. The topological polar surface area (TPSA) is 46.2 Å². The van der Waals surface area contributed by atoms with Crippen LogP contribution in [0.1, 0.15) is 20.3 Å². The molecule has 0 aliphatic rings. The van der Waals surface area contributed by atoms with E-state index in [1.807, 2.05) is 44.2 Å². The summed E-state index contributed by atoms with van der Waals surface area (Å²) in [7, 11) is -3.54. The van der Waals surface area contributed by atoms with E-state index in [2.05, 4.69) is 20.7 Å². The second kappa shape index (κ2) is 5.84. The fourth-order valence-corrected chi connectivity index (χ4v) is 4.80. The molecule has 3 nitrogen and oxygen atoms in total. The Morgan fingerprint density at radius 3 is 2.45 bits per heavy atom. The predicted octanol–water partition coefficient (Wildman–Crippen LogP) is 3.68. The van der Waals surface area contributed by atoms with Crippen molar-refractivity contribution in [2.75, 3.05) is 5.33 Å². The number of hydrogen-bond donors (Lipinski definition) is 1. The van der Waals surface area contributed by atoms with E-state index >= 15 is 0 Å². The third kappa shape index (κ3) is 3.40. The second-order valence-corrected chi connectivity index (χ2v) is 7.85. The molecule has 5 heteroatoms. The summed E-state index contributed by atoms with van der Waals surface area (Å²) in [5.41, 5.74) is -0.487. The number of fused-ring (bicyclic) bond motifs is 1. The molecule has 0 unspecified atom stereocenters. The van der Waals surface area contributed by atoms with Crippen molar-refractivity contribution in [1.29, 1.82) is 0 Å². The lowest BCUT2D eigenvalue weighted by molar-refractivity contribution is 0.444. The average Bonchev–Trinajstić information content (AvgIpc) is 2.36. The molecule has 0 amide bonds. The maximum Gasteiger partial charge on any atom is 0.241 e. The Balaban J connectivity index is 2.47. The maximum atomic E-state index is 12.6. The molecule has 2 aromatic rings. The lowest BCUT2D eigenvalue weighted by Gasteiger charge is -2.25. The van der Waals surface area contributed by atoms with Crippen LogP contribution in [0.15, 0.2) is 47.4 Å².